The van der Waals surface area contributed by atoms with E-state index in [2.05, 4.69) is 24.4 Å². The zero-order valence-corrected chi connectivity index (χ0v) is 22.3. The number of unbranched alkanes of at least 4 members (excludes halogenated alkanes) is 10. The lowest BCUT2D eigenvalue weighted by Crippen LogP contribution is -2.42. The van der Waals surface area contributed by atoms with E-state index in [-0.39, 0.29) is 31.5 Å². The minimum atomic E-state index is -0.685. The molecule has 1 aromatic rings. The zero-order valence-electron chi connectivity index (χ0n) is 21.5. The molecule has 0 fully saturated rings. The molecule has 0 aliphatic rings. The maximum Gasteiger partial charge on any atom is 0.226 e. The Morgan fingerprint density at radius 2 is 1.32 bits per heavy atom. The van der Waals surface area contributed by atoms with Gasteiger partial charge in [-0.2, -0.15) is 0 Å². The second-order valence-electron chi connectivity index (χ2n) is 9.38. The summed E-state index contributed by atoms with van der Waals surface area (Å²) >= 11 is 0. The molecule has 0 bridgehead atoms. The predicted molar refractivity (Wildman–Crippen MR) is 146 cm³/mol. The Morgan fingerprint density at radius 3 is 1.88 bits per heavy atom. The number of halogens is 1. The SMILES string of the molecule is CCCCCCCC/C=C\CCCCCCC(CCO)(CCO)C(=O)NCc1ccccc1.Cl. The molecule has 0 radical (unpaired) electrons. The maximum atomic E-state index is 13.0. The van der Waals surface area contributed by atoms with Gasteiger partial charge in [-0.1, -0.05) is 101 Å². The van der Waals surface area contributed by atoms with Crippen molar-refractivity contribution < 1.29 is 15.0 Å². The lowest BCUT2D eigenvalue weighted by atomic mass is 9.76. The summed E-state index contributed by atoms with van der Waals surface area (Å²) in [5, 5.41) is 22.3. The summed E-state index contributed by atoms with van der Waals surface area (Å²) in [6.07, 6.45) is 21.0. The average molecular weight is 496 g/mol. The molecule has 1 rings (SSSR count). The summed E-state index contributed by atoms with van der Waals surface area (Å²) in [6.45, 7) is 2.65. The first-order valence-corrected chi connectivity index (χ1v) is 13.4. The van der Waals surface area contributed by atoms with Crippen LogP contribution >= 0.6 is 12.4 Å². The first-order chi connectivity index (χ1) is 16.2. The van der Waals surface area contributed by atoms with Gasteiger partial charge in [0.25, 0.3) is 0 Å². The molecule has 0 unspecified atom stereocenters. The highest BCUT2D eigenvalue weighted by Gasteiger charge is 2.36. The highest BCUT2D eigenvalue weighted by molar-refractivity contribution is 5.85. The minimum Gasteiger partial charge on any atom is -0.396 e. The molecular weight excluding hydrogens is 446 g/mol. The second-order valence-corrected chi connectivity index (χ2v) is 9.38. The Morgan fingerprint density at radius 1 is 0.794 bits per heavy atom. The van der Waals surface area contributed by atoms with Crippen molar-refractivity contribution in [1.29, 1.82) is 0 Å². The molecule has 3 N–H and O–H groups in total. The van der Waals surface area contributed by atoms with Crippen LogP contribution in [0.15, 0.2) is 42.5 Å². The van der Waals surface area contributed by atoms with Crippen molar-refractivity contribution in [2.45, 2.75) is 110 Å². The van der Waals surface area contributed by atoms with E-state index in [1.165, 1.54) is 51.4 Å². The molecule has 0 spiro atoms. The Kier molecular flexibility index (Phi) is 21.2. The number of carbonyl (C=O) groups excluding carboxylic acids is 1. The van der Waals surface area contributed by atoms with Crippen LogP contribution in [0, 0.1) is 5.41 Å². The monoisotopic (exact) mass is 495 g/mol. The Balaban J connectivity index is 0.0000109. The normalized spacial score (nSPS) is 11.5. The molecule has 1 amide bonds. The predicted octanol–water partition coefficient (Wildman–Crippen LogP) is 7.12. The van der Waals surface area contributed by atoms with Crippen molar-refractivity contribution in [2.24, 2.45) is 5.41 Å². The Bertz CT molecular complexity index is 615. The summed E-state index contributed by atoms with van der Waals surface area (Å²) in [6, 6.07) is 9.85. The van der Waals surface area contributed by atoms with Crippen LogP contribution in [-0.4, -0.2) is 29.3 Å². The van der Waals surface area contributed by atoms with Crippen LogP contribution in [0.2, 0.25) is 0 Å². The first-order valence-electron chi connectivity index (χ1n) is 13.4. The number of amides is 1. The van der Waals surface area contributed by atoms with Gasteiger partial charge in [0.2, 0.25) is 5.91 Å². The number of carbonyl (C=O) groups is 1. The molecule has 0 aromatic heterocycles. The summed E-state index contributed by atoms with van der Waals surface area (Å²) in [5.41, 5.74) is 0.368. The number of benzene rings is 1. The van der Waals surface area contributed by atoms with Gasteiger partial charge < -0.3 is 15.5 Å². The standard InChI is InChI=1S/C29H49NO3.ClH/c1-2-3-4-5-6-7-8-9-10-11-12-13-14-18-21-29(22-24-31,23-25-32)28(33)30-26-27-19-16-15-17-20-27;/h9-10,15-17,19-20,31-32H,2-8,11-14,18,21-26H2,1H3,(H,30,33);1H/b10-9-;. The number of hydrogen-bond acceptors (Lipinski definition) is 3. The van der Waals surface area contributed by atoms with Gasteiger partial charge in [0.05, 0.1) is 5.41 Å². The molecule has 0 saturated carbocycles. The Labute approximate surface area is 215 Å². The third-order valence-electron chi connectivity index (χ3n) is 6.63. The van der Waals surface area contributed by atoms with E-state index in [1.54, 1.807) is 0 Å². The van der Waals surface area contributed by atoms with Crippen LogP contribution in [0.5, 0.6) is 0 Å². The molecule has 1 aromatic carbocycles. The number of aliphatic hydroxyl groups is 2. The highest BCUT2D eigenvalue weighted by atomic mass is 35.5. The van der Waals surface area contributed by atoms with Crippen molar-refractivity contribution in [3.8, 4) is 0 Å². The number of rotatable bonds is 21. The average Bonchev–Trinajstić information content (AvgIpc) is 2.83. The fourth-order valence-corrected chi connectivity index (χ4v) is 4.47. The van der Waals surface area contributed by atoms with E-state index < -0.39 is 5.41 Å². The number of allylic oxidation sites excluding steroid dienone is 2. The largest absolute Gasteiger partial charge is 0.396 e. The molecule has 4 nitrogen and oxygen atoms in total. The summed E-state index contributed by atoms with van der Waals surface area (Å²) in [4.78, 5) is 13.0. The lowest BCUT2D eigenvalue weighted by molar-refractivity contribution is -0.134. The molecule has 0 aliphatic carbocycles. The van der Waals surface area contributed by atoms with Crippen molar-refractivity contribution >= 4 is 18.3 Å². The number of nitrogens with one attached hydrogen (secondary N) is 1. The maximum absolute atomic E-state index is 13.0. The van der Waals surface area contributed by atoms with Crippen LogP contribution < -0.4 is 5.32 Å². The topological polar surface area (TPSA) is 69.6 Å². The second kappa shape index (κ2) is 22.1. The van der Waals surface area contributed by atoms with E-state index in [1.807, 2.05) is 30.3 Å². The van der Waals surface area contributed by atoms with Crippen LogP contribution in [0.1, 0.15) is 109 Å². The molecule has 0 saturated heterocycles. The summed E-state index contributed by atoms with van der Waals surface area (Å²) in [7, 11) is 0. The number of hydrogen-bond donors (Lipinski definition) is 3. The molecule has 0 heterocycles. The van der Waals surface area contributed by atoms with Crippen molar-refractivity contribution in [3.63, 3.8) is 0 Å². The zero-order chi connectivity index (χ0) is 24.0. The molecule has 0 aliphatic heterocycles. The van der Waals surface area contributed by atoms with Crippen molar-refractivity contribution in [2.75, 3.05) is 13.2 Å². The molecule has 0 atom stereocenters. The van der Waals surface area contributed by atoms with Crippen molar-refractivity contribution in [3.05, 3.63) is 48.0 Å². The third-order valence-corrected chi connectivity index (χ3v) is 6.63. The fraction of sp³-hybridized carbons (Fsp3) is 0.690. The quantitative estimate of drug-likeness (QED) is 0.125. The Hall–Kier alpha value is -1.36. The minimum absolute atomic E-state index is 0. The van der Waals surface area contributed by atoms with Crippen LogP contribution in [0.3, 0.4) is 0 Å². The van der Waals surface area contributed by atoms with Crippen LogP contribution in [0.4, 0.5) is 0 Å². The van der Waals surface area contributed by atoms with E-state index in [0.717, 1.165) is 31.2 Å². The van der Waals surface area contributed by atoms with Gasteiger partial charge in [0.1, 0.15) is 0 Å². The van der Waals surface area contributed by atoms with E-state index >= 15 is 0 Å². The lowest BCUT2D eigenvalue weighted by Gasteiger charge is -2.31. The van der Waals surface area contributed by atoms with E-state index in [9.17, 15) is 15.0 Å². The van der Waals surface area contributed by atoms with E-state index in [4.69, 9.17) is 0 Å². The summed E-state index contributed by atoms with van der Waals surface area (Å²) in [5.74, 6) is -0.0490. The third kappa shape index (κ3) is 14.8. The van der Waals surface area contributed by atoms with Gasteiger partial charge in [0.15, 0.2) is 0 Å². The first kappa shape index (κ1) is 32.6. The number of aliphatic hydroxyl groups excluding tert-OH is 2. The van der Waals surface area contributed by atoms with E-state index in [0.29, 0.717) is 25.8 Å². The smallest absolute Gasteiger partial charge is 0.226 e. The van der Waals surface area contributed by atoms with Crippen LogP contribution in [-0.2, 0) is 11.3 Å². The molecule has 34 heavy (non-hydrogen) atoms. The van der Waals surface area contributed by atoms with Gasteiger partial charge in [-0.3, -0.25) is 4.79 Å². The molecule has 196 valence electrons. The van der Waals surface area contributed by atoms with Gasteiger partial charge in [-0.15, -0.1) is 12.4 Å². The molecule has 5 heteroatoms. The highest BCUT2D eigenvalue weighted by Crippen LogP contribution is 2.33. The van der Waals surface area contributed by atoms with Crippen molar-refractivity contribution in [1.82, 2.24) is 5.32 Å². The van der Waals surface area contributed by atoms with Gasteiger partial charge in [-0.05, 0) is 50.5 Å². The summed E-state index contributed by atoms with van der Waals surface area (Å²) < 4.78 is 0. The van der Waals surface area contributed by atoms with Gasteiger partial charge >= 0.3 is 0 Å². The molecular formula is C29H50ClNO3. The van der Waals surface area contributed by atoms with Gasteiger partial charge in [-0.25, -0.2) is 0 Å². The van der Waals surface area contributed by atoms with Gasteiger partial charge in [0, 0.05) is 19.8 Å². The fourth-order valence-electron chi connectivity index (χ4n) is 4.47. The van der Waals surface area contributed by atoms with Crippen LogP contribution in [0.25, 0.3) is 0 Å².